The SMILES string of the molecule is OC1CNc2c(ccc3c2CCCC3)C1. The molecule has 2 heteroatoms. The highest BCUT2D eigenvalue weighted by Gasteiger charge is 2.21. The van der Waals surface area contributed by atoms with Crippen LogP contribution in [0.25, 0.3) is 0 Å². The van der Waals surface area contributed by atoms with Gasteiger partial charge >= 0.3 is 0 Å². The van der Waals surface area contributed by atoms with E-state index in [1.54, 1.807) is 0 Å². The predicted molar refractivity (Wildman–Crippen MR) is 61.3 cm³/mol. The van der Waals surface area contributed by atoms with Gasteiger partial charge in [-0.3, -0.25) is 0 Å². The van der Waals surface area contributed by atoms with E-state index in [-0.39, 0.29) is 6.10 Å². The van der Waals surface area contributed by atoms with Crippen LogP contribution in [0.3, 0.4) is 0 Å². The van der Waals surface area contributed by atoms with Crippen LogP contribution in [0.15, 0.2) is 12.1 Å². The Kier molecular flexibility index (Phi) is 2.17. The van der Waals surface area contributed by atoms with Crippen LogP contribution >= 0.6 is 0 Å². The number of fused-ring (bicyclic) bond motifs is 3. The molecule has 2 aliphatic rings. The number of β-amino-alcohol motifs (C(OH)–C–C–N with tert-alkyl or cyclic N) is 1. The number of hydrogen-bond acceptors (Lipinski definition) is 2. The largest absolute Gasteiger partial charge is 0.391 e. The minimum atomic E-state index is -0.209. The van der Waals surface area contributed by atoms with E-state index < -0.39 is 0 Å². The Hall–Kier alpha value is -1.02. The Labute approximate surface area is 90.3 Å². The number of hydrogen-bond donors (Lipinski definition) is 2. The maximum atomic E-state index is 9.60. The van der Waals surface area contributed by atoms with E-state index in [1.165, 1.54) is 48.1 Å². The van der Waals surface area contributed by atoms with Crippen molar-refractivity contribution in [2.24, 2.45) is 0 Å². The summed E-state index contributed by atoms with van der Waals surface area (Å²) in [5.41, 5.74) is 5.67. The molecular weight excluding hydrogens is 186 g/mol. The van der Waals surface area contributed by atoms with Gasteiger partial charge in [-0.05, 0) is 42.4 Å². The molecule has 0 bridgehead atoms. The molecule has 0 radical (unpaired) electrons. The van der Waals surface area contributed by atoms with Gasteiger partial charge in [-0.1, -0.05) is 12.1 Å². The fourth-order valence-corrected chi connectivity index (χ4v) is 2.81. The molecule has 80 valence electrons. The molecule has 1 aliphatic carbocycles. The van der Waals surface area contributed by atoms with E-state index >= 15 is 0 Å². The zero-order valence-electron chi connectivity index (χ0n) is 8.92. The van der Waals surface area contributed by atoms with Crippen LogP contribution in [-0.2, 0) is 19.3 Å². The van der Waals surface area contributed by atoms with Crippen LogP contribution in [0.2, 0.25) is 0 Å². The van der Waals surface area contributed by atoms with Gasteiger partial charge in [0.15, 0.2) is 0 Å². The van der Waals surface area contributed by atoms with Crippen molar-refractivity contribution in [3.05, 3.63) is 28.8 Å². The maximum Gasteiger partial charge on any atom is 0.0753 e. The molecule has 0 spiro atoms. The van der Waals surface area contributed by atoms with E-state index in [1.807, 2.05) is 0 Å². The van der Waals surface area contributed by atoms with Crippen molar-refractivity contribution in [1.29, 1.82) is 0 Å². The van der Waals surface area contributed by atoms with Crippen molar-refractivity contribution in [3.8, 4) is 0 Å². The Bertz CT molecular complexity index is 386. The summed E-state index contributed by atoms with van der Waals surface area (Å²) in [5.74, 6) is 0. The lowest BCUT2D eigenvalue weighted by Crippen LogP contribution is -2.28. The van der Waals surface area contributed by atoms with Gasteiger partial charge in [-0.25, -0.2) is 0 Å². The highest BCUT2D eigenvalue weighted by molar-refractivity contribution is 5.63. The van der Waals surface area contributed by atoms with Crippen molar-refractivity contribution in [3.63, 3.8) is 0 Å². The molecule has 0 saturated carbocycles. The molecule has 1 atom stereocenters. The topological polar surface area (TPSA) is 32.3 Å². The zero-order valence-corrected chi connectivity index (χ0v) is 8.92. The molecule has 0 saturated heterocycles. The van der Waals surface area contributed by atoms with Gasteiger partial charge in [-0.15, -0.1) is 0 Å². The summed E-state index contributed by atoms with van der Waals surface area (Å²) in [6, 6.07) is 4.45. The Morgan fingerprint density at radius 2 is 1.93 bits per heavy atom. The fourth-order valence-electron chi connectivity index (χ4n) is 2.81. The predicted octanol–water partition coefficient (Wildman–Crippen LogP) is 1.89. The summed E-state index contributed by atoms with van der Waals surface area (Å²) in [4.78, 5) is 0. The van der Waals surface area contributed by atoms with Gasteiger partial charge in [0, 0.05) is 18.7 Å². The first-order valence-corrected chi connectivity index (χ1v) is 5.90. The van der Waals surface area contributed by atoms with E-state index in [9.17, 15) is 5.11 Å². The van der Waals surface area contributed by atoms with Crippen molar-refractivity contribution in [1.82, 2.24) is 0 Å². The van der Waals surface area contributed by atoms with Crippen molar-refractivity contribution in [2.75, 3.05) is 11.9 Å². The second kappa shape index (κ2) is 3.53. The quantitative estimate of drug-likeness (QED) is 0.675. The normalized spacial score (nSPS) is 23.9. The lowest BCUT2D eigenvalue weighted by atomic mass is 9.86. The number of aryl methyl sites for hydroxylation is 1. The lowest BCUT2D eigenvalue weighted by molar-refractivity contribution is 0.184. The minimum Gasteiger partial charge on any atom is -0.391 e. The number of rotatable bonds is 0. The van der Waals surface area contributed by atoms with Crippen molar-refractivity contribution in [2.45, 2.75) is 38.2 Å². The minimum absolute atomic E-state index is 0.209. The molecule has 1 aliphatic heterocycles. The Morgan fingerprint density at radius 1 is 1.13 bits per heavy atom. The molecule has 15 heavy (non-hydrogen) atoms. The third-order valence-corrected chi connectivity index (χ3v) is 3.59. The molecule has 2 N–H and O–H groups in total. The van der Waals surface area contributed by atoms with E-state index in [2.05, 4.69) is 17.4 Å². The number of aliphatic hydroxyl groups is 1. The zero-order chi connectivity index (χ0) is 10.3. The molecule has 3 rings (SSSR count). The average Bonchev–Trinajstić information content (AvgIpc) is 2.28. The first kappa shape index (κ1) is 9.22. The molecule has 1 unspecified atom stereocenters. The molecule has 0 fully saturated rings. The van der Waals surface area contributed by atoms with Gasteiger partial charge < -0.3 is 10.4 Å². The Balaban J connectivity index is 2.07. The first-order valence-electron chi connectivity index (χ1n) is 5.90. The standard InChI is InChI=1S/C13H17NO/c15-11-7-10-6-5-9-3-1-2-4-12(9)13(10)14-8-11/h5-6,11,14-15H,1-4,7-8H2. The van der Waals surface area contributed by atoms with Gasteiger partial charge in [-0.2, -0.15) is 0 Å². The summed E-state index contributed by atoms with van der Waals surface area (Å²) >= 11 is 0. The van der Waals surface area contributed by atoms with Crippen LogP contribution in [0.1, 0.15) is 29.5 Å². The summed E-state index contributed by atoms with van der Waals surface area (Å²) < 4.78 is 0. The second-order valence-corrected chi connectivity index (χ2v) is 4.68. The monoisotopic (exact) mass is 203 g/mol. The average molecular weight is 203 g/mol. The van der Waals surface area contributed by atoms with Crippen LogP contribution < -0.4 is 5.32 Å². The van der Waals surface area contributed by atoms with Gasteiger partial charge in [0.1, 0.15) is 0 Å². The molecule has 1 heterocycles. The highest BCUT2D eigenvalue weighted by atomic mass is 16.3. The summed E-state index contributed by atoms with van der Waals surface area (Å²) in [6.07, 6.45) is 5.69. The molecule has 0 aromatic heterocycles. The fraction of sp³-hybridized carbons (Fsp3) is 0.538. The summed E-state index contributed by atoms with van der Waals surface area (Å²) in [5, 5.41) is 13.0. The summed E-state index contributed by atoms with van der Waals surface area (Å²) in [7, 11) is 0. The van der Waals surface area contributed by atoms with E-state index in [0.29, 0.717) is 6.54 Å². The molecular formula is C13H17NO. The number of anilines is 1. The van der Waals surface area contributed by atoms with Gasteiger partial charge in [0.2, 0.25) is 0 Å². The molecule has 1 aromatic rings. The smallest absolute Gasteiger partial charge is 0.0753 e. The van der Waals surface area contributed by atoms with Gasteiger partial charge in [0.25, 0.3) is 0 Å². The van der Waals surface area contributed by atoms with Gasteiger partial charge in [0.05, 0.1) is 6.10 Å². The molecule has 1 aromatic carbocycles. The number of nitrogens with one attached hydrogen (secondary N) is 1. The van der Waals surface area contributed by atoms with Crippen molar-refractivity contribution >= 4 is 5.69 Å². The van der Waals surface area contributed by atoms with Crippen LogP contribution in [-0.4, -0.2) is 17.8 Å². The van der Waals surface area contributed by atoms with Crippen molar-refractivity contribution < 1.29 is 5.11 Å². The van der Waals surface area contributed by atoms with Crippen LogP contribution in [0.5, 0.6) is 0 Å². The lowest BCUT2D eigenvalue weighted by Gasteiger charge is -2.28. The van der Waals surface area contributed by atoms with Crippen LogP contribution in [0, 0.1) is 0 Å². The third-order valence-electron chi connectivity index (χ3n) is 3.59. The second-order valence-electron chi connectivity index (χ2n) is 4.68. The molecule has 2 nitrogen and oxygen atoms in total. The third kappa shape index (κ3) is 1.53. The first-order chi connectivity index (χ1) is 7.34. The van der Waals surface area contributed by atoms with E-state index in [0.717, 1.165) is 6.42 Å². The van der Waals surface area contributed by atoms with Crippen LogP contribution in [0.4, 0.5) is 5.69 Å². The van der Waals surface area contributed by atoms with E-state index in [4.69, 9.17) is 0 Å². The summed E-state index contributed by atoms with van der Waals surface area (Å²) in [6.45, 7) is 0.712. The molecule has 0 amide bonds. The Morgan fingerprint density at radius 3 is 2.87 bits per heavy atom. The number of benzene rings is 1. The maximum absolute atomic E-state index is 9.60. The number of aliphatic hydroxyl groups excluding tert-OH is 1. The highest BCUT2D eigenvalue weighted by Crippen LogP contribution is 2.33.